The number of H-pyrrole nitrogens is 1. The fraction of sp³-hybridized carbons (Fsp3) is 0.389. The first kappa shape index (κ1) is 17.7. The average molecular weight is 368 g/mol. The quantitative estimate of drug-likeness (QED) is 0.448. The zero-order valence-corrected chi connectivity index (χ0v) is 15.3. The molecule has 142 valence electrons. The molecule has 27 heavy (non-hydrogen) atoms. The minimum Gasteiger partial charge on any atom is -0.378 e. The summed E-state index contributed by atoms with van der Waals surface area (Å²) >= 11 is 0. The van der Waals surface area contributed by atoms with Gasteiger partial charge in [-0.1, -0.05) is 0 Å². The van der Waals surface area contributed by atoms with Crippen molar-refractivity contribution in [3.63, 3.8) is 0 Å². The number of anilines is 2. The first-order valence-electron chi connectivity index (χ1n) is 9.03. The van der Waals surface area contributed by atoms with Gasteiger partial charge < -0.3 is 20.4 Å². The minimum atomic E-state index is -0.0565. The Morgan fingerprint density at radius 1 is 1.30 bits per heavy atom. The van der Waals surface area contributed by atoms with Crippen LogP contribution in [0.1, 0.15) is 6.92 Å². The van der Waals surface area contributed by atoms with Crippen molar-refractivity contribution in [3.05, 3.63) is 30.6 Å². The number of nitrogens with zero attached hydrogens (tertiary/aromatic N) is 5. The molecule has 4 heterocycles. The number of hydrogen-bond acceptors (Lipinski definition) is 8. The number of nitrogens with two attached hydrogens (primary N) is 2. The van der Waals surface area contributed by atoms with E-state index in [4.69, 9.17) is 21.3 Å². The maximum atomic E-state index is 6.37. The molecule has 9 nitrogen and oxygen atoms in total. The Hall–Kier alpha value is -2.75. The Balaban J connectivity index is 1.89. The maximum absolute atomic E-state index is 6.37. The van der Waals surface area contributed by atoms with Gasteiger partial charge in [0.2, 0.25) is 0 Å². The number of morpholine rings is 1. The molecule has 0 aliphatic carbocycles. The molecule has 0 saturated carbocycles. The lowest BCUT2D eigenvalue weighted by molar-refractivity contribution is 0.122. The van der Waals surface area contributed by atoms with Crippen molar-refractivity contribution in [1.29, 1.82) is 0 Å². The predicted octanol–water partition coefficient (Wildman–Crippen LogP) is 0.884. The van der Waals surface area contributed by atoms with Crippen LogP contribution in [0.3, 0.4) is 0 Å². The Morgan fingerprint density at radius 3 is 2.81 bits per heavy atom. The van der Waals surface area contributed by atoms with Crippen molar-refractivity contribution < 1.29 is 4.74 Å². The Morgan fingerprint density at radius 2 is 2.11 bits per heavy atom. The summed E-state index contributed by atoms with van der Waals surface area (Å²) in [4.78, 5) is 11.7. The molecule has 1 saturated heterocycles. The van der Waals surface area contributed by atoms with Crippen molar-refractivity contribution in [2.45, 2.75) is 13.0 Å². The number of hydrogen-bond donors (Lipinski definition) is 3. The molecule has 1 atom stereocenters. The molecular weight excluding hydrogens is 344 g/mol. The zero-order chi connectivity index (χ0) is 18.8. The summed E-state index contributed by atoms with van der Waals surface area (Å²) in [7, 11) is 0. The van der Waals surface area contributed by atoms with Gasteiger partial charge in [0.1, 0.15) is 17.0 Å². The van der Waals surface area contributed by atoms with E-state index < -0.39 is 0 Å². The largest absolute Gasteiger partial charge is 0.378 e. The van der Waals surface area contributed by atoms with Gasteiger partial charge in [-0.25, -0.2) is 10.8 Å². The minimum absolute atomic E-state index is 0.0565. The molecule has 1 unspecified atom stereocenters. The number of hydrazine groups is 1. The molecule has 0 aromatic carbocycles. The number of ether oxygens (including phenoxy) is 1. The Bertz CT molecular complexity index is 905. The van der Waals surface area contributed by atoms with Gasteiger partial charge >= 0.3 is 0 Å². The standard InChI is InChI=1S/C18H24N8O/c1-12(19)11-26(20)15-10-16(25-6-8-27-9-7-25)23-17-13(15)2-4-21-18(17)14-3-5-22-24-14/h2-5,10,12H,6-9,11,19-20H2,1H3,(H,22,24). The fourth-order valence-electron chi connectivity index (χ4n) is 3.31. The molecule has 3 aromatic heterocycles. The smallest absolute Gasteiger partial charge is 0.131 e. The third-order valence-corrected chi connectivity index (χ3v) is 4.58. The molecule has 9 heteroatoms. The fourth-order valence-corrected chi connectivity index (χ4v) is 3.31. The summed E-state index contributed by atoms with van der Waals surface area (Å²) < 4.78 is 5.47. The van der Waals surface area contributed by atoms with E-state index in [9.17, 15) is 0 Å². The van der Waals surface area contributed by atoms with Crippen LogP contribution in [0.25, 0.3) is 22.3 Å². The van der Waals surface area contributed by atoms with Gasteiger partial charge in [0, 0.05) is 49.5 Å². The first-order chi connectivity index (χ1) is 13.1. The lowest BCUT2D eigenvalue weighted by atomic mass is 10.1. The van der Waals surface area contributed by atoms with E-state index in [2.05, 4.69) is 20.1 Å². The van der Waals surface area contributed by atoms with Gasteiger partial charge in [-0.15, -0.1) is 0 Å². The molecule has 1 aliphatic heterocycles. The summed E-state index contributed by atoms with van der Waals surface area (Å²) in [6.45, 7) is 5.40. The Kier molecular flexibility index (Phi) is 4.88. The topological polar surface area (TPSA) is 122 Å². The predicted molar refractivity (Wildman–Crippen MR) is 105 cm³/mol. The summed E-state index contributed by atoms with van der Waals surface area (Å²) in [5.41, 5.74) is 9.19. The molecule has 4 rings (SSSR count). The molecule has 0 radical (unpaired) electrons. The van der Waals surface area contributed by atoms with Crippen LogP contribution >= 0.6 is 0 Å². The third-order valence-electron chi connectivity index (χ3n) is 4.58. The second kappa shape index (κ2) is 7.47. The summed E-state index contributed by atoms with van der Waals surface area (Å²) in [6.07, 6.45) is 3.46. The third kappa shape index (κ3) is 3.57. The maximum Gasteiger partial charge on any atom is 0.131 e. The number of pyridine rings is 2. The van der Waals surface area contributed by atoms with Crippen molar-refractivity contribution in [2.24, 2.45) is 11.6 Å². The molecule has 1 fully saturated rings. The van der Waals surface area contributed by atoms with E-state index >= 15 is 0 Å². The average Bonchev–Trinajstić information content (AvgIpc) is 3.21. The molecule has 1 aliphatic rings. The lowest BCUT2D eigenvalue weighted by Gasteiger charge is -2.30. The van der Waals surface area contributed by atoms with Gasteiger partial charge in [-0.05, 0) is 19.1 Å². The van der Waals surface area contributed by atoms with Crippen LogP contribution in [-0.4, -0.2) is 59.1 Å². The highest BCUT2D eigenvalue weighted by molar-refractivity contribution is 5.99. The van der Waals surface area contributed by atoms with E-state index in [-0.39, 0.29) is 6.04 Å². The number of aromatic amines is 1. The van der Waals surface area contributed by atoms with E-state index in [0.717, 1.165) is 46.9 Å². The van der Waals surface area contributed by atoms with Crippen LogP contribution < -0.4 is 21.5 Å². The molecule has 5 N–H and O–H groups in total. The van der Waals surface area contributed by atoms with Crippen LogP contribution in [0.5, 0.6) is 0 Å². The highest BCUT2D eigenvalue weighted by atomic mass is 16.5. The van der Waals surface area contributed by atoms with Gasteiger partial charge in [0.05, 0.1) is 24.6 Å². The number of rotatable bonds is 5. The normalized spacial score (nSPS) is 15.9. The summed E-state index contributed by atoms with van der Waals surface area (Å²) in [5.74, 6) is 7.23. The van der Waals surface area contributed by atoms with Crippen molar-refractivity contribution >= 4 is 22.4 Å². The molecular formula is C18H24N8O. The van der Waals surface area contributed by atoms with Gasteiger partial charge in [0.15, 0.2) is 0 Å². The highest BCUT2D eigenvalue weighted by Crippen LogP contribution is 2.33. The molecule has 0 bridgehead atoms. The lowest BCUT2D eigenvalue weighted by Crippen LogP contribution is -2.41. The van der Waals surface area contributed by atoms with Crippen LogP contribution in [0, 0.1) is 0 Å². The van der Waals surface area contributed by atoms with E-state index in [0.29, 0.717) is 19.8 Å². The number of aromatic nitrogens is 4. The number of nitrogens with one attached hydrogen (secondary N) is 1. The monoisotopic (exact) mass is 368 g/mol. The van der Waals surface area contributed by atoms with Crippen LogP contribution in [0.2, 0.25) is 0 Å². The molecule has 3 aromatic rings. The van der Waals surface area contributed by atoms with Crippen LogP contribution in [0.15, 0.2) is 30.6 Å². The highest BCUT2D eigenvalue weighted by Gasteiger charge is 2.20. The van der Waals surface area contributed by atoms with Crippen LogP contribution in [-0.2, 0) is 4.74 Å². The number of fused-ring (bicyclic) bond motifs is 1. The van der Waals surface area contributed by atoms with Gasteiger partial charge in [-0.2, -0.15) is 5.10 Å². The second-order valence-corrected chi connectivity index (χ2v) is 6.75. The van der Waals surface area contributed by atoms with E-state index in [1.807, 2.05) is 25.1 Å². The van der Waals surface area contributed by atoms with Gasteiger partial charge in [-0.3, -0.25) is 10.1 Å². The molecule has 0 amide bonds. The van der Waals surface area contributed by atoms with Gasteiger partial charge in [0.25, 0.3) is 0 Å². The van der Waals surface area contributed by atoms with Crippen LogP contribution in [0.4, 0.5) is 11.5 Å². The van der Waals surface area contributed by atoms with Crippen molar-refractivity contribution in [2.75, 3.05) is 42.8 Å². The second-order valence-electron chi connectivity index (χ2n) is 6.75. The first-order valence-corrected chi connectivity index (χ1v) is 9.03. The van der Waals surface area contributed by atoms with Crippen molar-refractivity contribution in [3.8, 4) is 11.4 Å². The molecule has 0 spiro atoms. The summed E-state index contributed by atoms with van der Waals surface area (Å²) in [6, 6.07) is 5.78. The SMILES string of the molecule is CC(N)CN(N)c1cc(N2CCOCC2)nc2c(-c3ccn[nH]3)nccc12. The Labute approximate surface area is 157 Å². The zero-order valence-electron chi connectivity index (χ0n) is 15.3. The summed E-state index contributed by atoms with van der Waals surface area (Å²) in [5, 5.41) is 9.63. The van der Waals surface area contributed by atoms with E-state index in [1.165, 1.54) is 0 Å². The van der Waals surface area contributed by atoms with Crippen molar-refractivity contribution in [1.82, 2.24) is 20.2 Å². The van der Waals surface area contributed by atoms with E-state index in [1.54, 1.807) is 17.4 Å².